The molecule has 10 heteroatoms. The summed E-state index contributed by atoms with van der Waals surface area (Å²) in [5, 5.41) is 17.1. The number of nitrogen functional groups attached to an aromatic ring is 2. The molecular weight excluding hydrogens is 340 g/mol. The summed E-state index contributed by atoms with van der Waals surface area (Å²) in [5.74, 6) is 1.36. The van der Waals surface area contributed by atoms with Gasteiger partial charge in [-0.15, -0.1) is 0 Å². The Balaban J connectivity index is 0.000000151. The van der Waals surface area contributed by atoms with Crippen molar-refractivity contribution < 1.29 is 17.7 Å². The molecule has 0 spiro atoms. The SMILES string of the molecule is N#Cc1nc(-c2ccco2)oc1N.N#Cc1nc(-c2ccco2)oc1N. The molecule has 10 nitrogen and oxygen atoms in total. The molecule has 4 aromatic heterocycles. The van der Waals surface area contributed by atoms with Crippen molar-refractivity contribution >= 4 is 11.8 Å². The van der Waals surface area contributed by atoms with E-state index in [1.807, 2.05) is 0 Å². The second-order valence-corrected chi connectivity index (χ2v) is 4.64. The normalized spacial score (nSPS) is 9.77. The van der Waals surface area contributed by atoms with Crippen LogP contribution in [0.4, 0.5) is 11.8 Å². The lowest BCUT2D eigenvalue weighted by Crippen LogP contribution is -1.83. The number of anilines is 2. The third-order valence-corrected chi connectivity index (χ3v) is 2.98. The molecule has 4 aromatic rings. The van der Waals surface area contributed by atoms with Gasteiger partial charge >= 0.3 is 0 Å². The molecule has 128 valence electrons. The first kappa shape index (κ1) is 16.4. The zero-order valence-corrected chi connectivity index (χ0v) is 13.0. The van der Waals surface area contributed by atoms with Crippen LogP contribution in [0.5, 0.6) is 0 Å². The van der Waals surface area contributed by atoms with Crippen LogP contribution in [0.25, 0.3) is 23.3 Å². The Labute approximate surface area is 145 Å². The van der Waals surface area contributed by atoms with Crippen LogP contribution in [0.3, 0.4) is 0 Å². The fourth-order valence-corrected chi connectivity index (χ4v) is 1.84. The number of nitrogens with two attached hydrogens (primary N) is 2. The van der Waals surface area contributed by atoms with E-state index in [9.17, 15) is 0 Å². The second kappa shape index (κ2) is 6.98. The maximum atomic E-state index is 8.55. The minimum Gasteiger partial charge on any atom is -0.459 e. The Morgan fingerprint density at radius 2 is 1.19 bits per heavy atom. The lowest BCUT2D eigenvalue weighted by Gasteiger charge is -1.84. The predicted octanol–water partition coefficient (Wildman–Crippen LogP) is 2.78. The summed E-state index contributed by atoms with van der Waals surface area (Å²) >= 11 is 0. The van der Waals surface area contributed by atoms with E-state index in [0.29, 0.717) is 11.5 Å². The molecule has 0 unspecified atom stereocenters. The molecule has 4 N–H and O–H groups in total. The zero-order chi connectivity index (χ0) is 18.5. The van der Waals surface area contributed by atoms with Gasteiger partial charge in [0.2, 0.25) is 23.2 Å². The molecule has 4 heterocycles. The van der Waals surface area contributed by atoms with Gasteiger partial charge in [-0.2, -0.15) is 20.5 Å². The van der Waals surface area contributed by atoms with E-state index >= 15 is 0 Å². The Kier molecular flexibility index (Phi) is 4.41. The van der Waals surface area contributed by atoms with Crippen LogP contribution in [0, 0.1) is 22.7 Å². The number of oxazole rings is 2. The molecule has 4 rings (SSSR count). The van der Waals surface area contributed by atoms with E-state index in [4.69, 9.17) is 39.7 Å². The van der Waals surface area contributed by atoms with Crippen LogP contribution in [-0.2, 0) is 0 Å². The quantitative estimate of drug-likeness (QED) is 0.545. The van der Waals surface area contributed by atoms with Gasteiger partial charge < -0.3 is 29.1 Å². The van der Waals surface area contributed by atoms with E-state index in [1.54, 1.807) is 36.4 Å². The van der Waals surface area contributed by atoms with Crippen LogP contribution in [0.2, 0.25) is 0 Å². The molecule has 0 bridgehead atoms. The van der Waals surface area contributed by atoms with Crippen molar-refractivity contribution in [2.24, 2.45) is 0 Å². The maximum absolute atomic E-state index is 8.55. The first-order valence-corrected chi connectivity index (χ1v) is 7.03. The molecular formula is C16H10N6O4. The Hall–Kier alpha value is -4.44. The highest BCUT2D eigenvalue weighted by atomic mass is 16.4. The third kappa shape index (κ3) is 3.25. The van der Waals surface area contributed by atoms with Crippen molar-refractivity contribution in [2.45, 2.75) is 0 Å². The number of nitriles is 2. The summed E-state index contributed by atoms with van der Waals surface area (Å²) < 4.78 is 20.0. The van der Waals surface area contributed by atoms with Crippen molar-refractivity contribution in [3.63, 3.8) is 0 Å². The molecule has 0 aromatic carbocycles. The predicted molar refractivity (Wildman–Crippen MR) is 86.7 cm³/mol. The van der Waals surface area contributed by atoms with Crippen LogP contribution in [-0.4, -0.2) is 9.97 Å². The first-order chi connectivity index (χ1) is 12.6. The van der Waals surface area contributed by atoms with E-state index < -0.39 is 0 Å². The molecule has 0 amide bonds. The lowest BCUT2D eigenvalue weighted by atomic mass is 10.4. The zero-order valence-electron chi connectivity index (χ0n) is 13.0. The highest BCUT2D eigenvalue weighted by Crippen LogP contribution is 2.23. The summed E-state index contributed by atoms with van der Waals surface area (Å²) in [5.41, 5.74) is 10.9. The van der Waals surface area contributed by atoms with Gasteiger partial charge in [0, 0.05) is 0 Å². The van der Waals surface area contributed by atoms with Crippen molar-refractivity contribution in [3.05, 3.63) is 48.2 Å². The smallest absolute Gasteiger partial charge is 0.266 e. The highest BCUT2D eigenvalue weighted by Gasteiger charge is 2.13. The van der Waals surface area contributed by atoms with Crippen LogP contribution < -0.4 is 11.5 Å². The molecule has 0 atom stereocenters. The molecule has 0 aliphatic carbocycles. The van der Waals surface area contributed by atoms with E-state index in [2.05, 4.69) is 9.97 Å². The summed E-state index contributed by atoms with van der Waals surface area (Å²) in [4.78, 5) is 7.65. The van der Waals surface area contributed by atoms with Gasteiger partial charge in [-0.3, -0.25) is 0 Å². The highest BCUT2D eigenvalue weighted by molar-refractivity contribution is 5.52. The summed E-state index contributed by atoms with van der Waals surface area (Å²) in [7, 11) is 0. The van der Waals surface area contributed by atoms with Gasteiger partial charge in [0.05, 0.1) is 12.5 Å². The fraction of sp³-hybridized carbons (Fsp3) is 0. The van der Waals surface area contributed by atoms with Crippen LogP contribution >= 0.6 is 0 Å². The van der Waals surface area contributed by atoms with Gasteiger partial charge in [0.25, 0.3) is 11.8 Å². The summed E-state index contributed by atoms with van der Waals surface area (Å²) in [6, 6.07) is 10.4. The van der Waals surface area contributed by atoms with E-state index in [-0.39, 0.29) is 34.9 Å². The first-order valence-electron chi connectivity index (χ1n) is 7.03. The average Bonchev–Trinajstić information content (AvgIpc) is 3.42. The molecule has 0 radical (unpaired) electrons. The largest absolute Gasteiger partial charge is 0.459 e. The number of nitrogens with zero attached hydrogens (tertiary/aromatic N) is 4. The summed E-state index contributed by atoms with van der Waals surface area (Å²) in [6.45, 7) is 0. The second-order valence-electron chi connectivity index (χ2n) is 4.64. The summed E-state index contributed by atoms with van der Waals surface area (Å²) in [6.07, 6.45) is 2.98. The molecule has 0 fully saturated rings. The van der Waals surface area contributed by atoms with Gasteiger partial charge in [0.15, 0.2) is 11.5 Å². The number of rotatable bonds is 2. The number of hydrogen-bond acceptors (Lipinski definition) is 10. The third-order valence-electron chi connectivity index (χ3n) is 2.98. The fourth-order valence-electron chi connectivity index (χ4n) is 1.84. The molecule has 0 saturated heterocycles. The molecule has 0 saturated carbocycles. The Morgan fingerprint density at radius 3 is 1.46 bits per heavy atom. The average molecular weight is 350 g/mol. The monoisotopic (exact) mass is 350 g/mol. The minimum absolute atomic E-state index is 0.00824. The number of hydrogen-bond donors (Lipinski definition) is 2. The van der Waals surface area contributed by atoms with Gasteiger partial charge in [0.1, 0.15) is 12.1 Å². The van der Waals surface area contributed by atoms with Crippen LogP contribution in [0.15, 0.2) is 54.5 Å². The Morgan fingerprint density at radius 1 is 0.769 bits per heavy atom. The van der Waals surface area contributed by atoms with Crippen LogP contribution in [0.1, 0.15) is 11.4 Å². The number of furan rings is 2. The van der Waals surface area contributed by atoms with Crippen molar-refractivity contribution in [1.29, 1.82) is 10.5 Å². The molecule has 0 aliphatic heterocycles. The maximum Gasteiger partial charge on any atom is 0.266 e. The van der Waals surface area contributed by atoms with E-state index in [0.717, 1.165) is 0 Å². The van der Waals surface area contributed by atoms with Gasteiger partial charge in [-0.05, 0) is 24.3 Å². The minimum atomic E-state index is 0.00824. The lowest BCUT2D eigenvalue weighted by molar-refractivity contribution is 0.526. The van der Waals surface area contributed by atoms with Crippen molar-refractivity contribution in [3.8, 4) is 35.4 Å². The molecule has 0 aliphatic rings. The standard InChI is InChI=1S/2C8H5N3O2/c2*9-4-5-7(10)13-8(11-5)6-2-1-3-12-6/h2*1-3H,10H2. The van der Waals surface area contributed by atoms with Crippen molar-refractivity contribution in [2.75, 3.05) is 11.5 Å². The van der Waals surface area contributed by atoms with Gasteiger partial charge in [-0.1, -0.05) is 0 Å². The van der Waals surface area contributed by atoms with E-state index in [1.165, 1.54) is 12.5 Å². The molecule has 26 heavy (non-hydrogen) atoms. The van der Waals surface area contributed by atoms with Gasteiger partial charge in [-0.25, -0.2) is 0 Å². The topological polar surface area (TPSA) is 178 Å². The van der Waals surface area contributed by atoms with Crippen molar-refractivity contribution in [1.82, 2.24) is 9.97 Å². The Bertz CT molecular complexity index is 989. The number of aromatic nitrogens is 2.